The second-order valence-electron chi connectivity index (χ2n) is 4.64. The SMILES string of the molecule is CCNC(=NCCc1csc(C)n1)NC1CCC1. The van der Waals surface area contributed by atoms with Gasteiger partial charge >= 0.3 is 0 Å². The highest BCUT2D eigenvalue weighted by molar-refractivity contribution is 7.09. The zero-order chi connectivity index (χ0) is 12.8. The van der Waals surface area contributed by atoms with Gasteiger partial charge in [-0.2, -0.15) is 0 Å². The standard InChI is InChI=1S/C13H22N4S/c1-3-14-13(17-11-5-4-6-11)15-8-7-12-9-18-10(2)16-12/h9,11H,3-8H2,1-2H3,(H2,14,15,17). The number of rotatable bonds is 5. The minimum atomic E-state index is 0.629. The van der Waals surface area contributed by atoms with Gasteiger partial charge in [-0.05, 0) is 33.1 Å². The summed E-state index contributed by atoms with van der Waals surface area (Å²) < 4.78 is 0. The van der Waals surface area contributed by atoms with E-state index in [0.717, 1.165) is 36.2 Å². The van der Waals surface area contributed by atoms with Gasteiger partial charge in [-0.15, -0.1) is 11.3 Å². The van der Waals surface area contributed by atoms with Gasteiger partial charge in [0.2, 0.25) is 0 Å². The molecule has 0 unspecified atom stereocenters. The van der Waals surface area contributed by atoms with E-state index in [1.54, 1.807) is 11.3 Å². The lowest BCUT2D eigenvalue weighted by Crippen LogP contribution is -2.46. The molecule has 1 saturated carbocycles. The van der Waals surface area contributed by atoms with Gasteiger partial charge in [0.25, 0.3) is 0 Å². The molecule has 0 radical (unpaired) electrons. The Kier molecular flexibility index (Phi) is 4.99. The number of hydrogen-bond acceptors (Lipinski definition) is 3. The van der Waals surface area contributed by atoms with E-state index in [2.05, 4.69) is 32.9 Å². The molecule has 1 heterocycles. The van der Waals surface area contributed by atoms with Crippen LogP contribution in [0.3, 0.4) is 0 Å². The molecule has 1 aromatic rings. The summed E-state index contributed by atoms with van der Waals surface area (Å²) in [6.45, 7) is 5.85. The Morgan fingerprint density at radius 1 is 1.56 bits per heavy atom. The predicted molar refractivity (Wildman–Crippen MR) is 77.3 cm³/mol. The van der Waals surface area contributed by atoms with E-state index >= 15 is 0 Å². The molecule has 0 amide bonds. The van der Waals surface area contributed by atoms with Crippen LogP contribution >= 0.6 is 11.3 Å². The Hall–Kier alpha value is -1.10. The highest BCUT2D eigenvalue weighted by atomic mass is 32.1. The van der Waals surface area contributed by atoms with Crippen molar-refractivity contribution < 1.29 is 0 Å². The maximum atomic E-state index is 4.60. The molecule has 0 spiro atoms. The molecule has 100 valence electrons. The highest BCUT2D eigenvalue weighted by Crippen LogP contribution is 2.17. The van der Waals surface area contributed by atoms with Crippen LogP contribution in [0.4, 0.5) is 0 Å². The lowest BCUT2D eigenvalue weighted by Gasteiger charge is -2.28. The first-order valence-electron chi connectivity index (χ1n) is 6.73. The van der Waals surface area contributed by atoms with Crippen molar-refractivity contribution >= 4 is 17.3 Å². The van der Waals surface area contributed by atoms with Gasteiger partial charge in [0.15, 0.2) is 5.96 Å². The number of guanidine groups is 1. The molecule has 1 aliphatic carbocycles. The number of aryl methyl sites for hydroxylation is 1. The number of thiazole rings is 1. The first kappa shape index (κ1) is 13.3. The normalized spacial score (nSPS) is 16.4. The Balaban J connectivity index is 1.79. The number of nitrogens with zero attached hydrogens (tertiary/aromatic N) is 2. The molecule has 0 aromatic carbocycles. The molecular formula is C13H22N4S. The first-order chi connectivity index (χ1) is 8.78. The quantitative estimate of drug-likeness (QED) is 0.634. The number of aromatic nitrogens is 1. The van der Waals surface area contributed by atoms with E-state index in [1.165, 1.54) is 19.3 Å². The molecule has 5 heteroatoms. The smallest absolute Gasteiger partial charge is 0.191 e. The summed E-state index contributed by atoms with van der Waals surface area (Å²) >= 11 is 1.71. The van der Waals surface area contributed by atoms with Crippen molar-refractivity contribution in [3.63, 3.8) is 0 Å². The molecule has 0 saturated heterocycles. The second-order valence-corrected chi connectivity index (χ2v) is 5.70. The zero-order valence-corrected chi connectivity index (χ0v) is 12.0. The summed E-state index contributed by atoms with van der Waals surface area (Å²) in [6, 6.07) is 0.629. The summed E-state index contributed by atoms with van der Waals surface area (Å²) in [7, 11) is 0. The lowest BCUT2D eigenvalue weighted by molar-refractivity contribution is 0.380. The van der Waals surface area contributed by atoms with Gasteiger partial charge in [-0.3, -0.25) is 4.99 Å². The largest absolute Gasteiger partial charge is 0.357 e. The molecule has 4 nitrogen and oxygen atoms in total. The predicted octanol–water partition coefficient (Wildman–Crippen LogP) is 2.10. The maximum Gasteiger partial charge on any atom is 0.191 e. The number of hydrogen-bond donors (Lipinski definition) is 2. The Morgan fingerprint density at radius 2 is 2.39 bits per heavy atom. The highest BCUT2D eigenvalue weighted by Gasteiger charge is 2.17. The second kappa shape index (κ2) is 6.73. The average molecular weight is 266 g/mol. The Labute approximate surface area is 113 Å². The third-order valence-electron chi connectivity index (χ3n) is 3.09. The summed E-state index contributed by atoms with van der Waals surface area (Å²) in [5.41, 5.74) is 1.15. The van der Waals surface area contributed by atoms with Gasteiger partial charge in [0, 0.05) is 30.9 Å². The van der Waals surface area contributed by atoms with E-state index in [9.17, 15) is 0 Å². The topological polar surface area (TPSA) is 49.3 Å². The molecule has 2 N–H and O–H groups in total. The molecular weight excluding hydrogens is 244 g/mol. The van der Waals surface area contributed by atoms with Crippen molar-refractivity contribution in [2.24, 2.45) is 4.99 Å². The van der Waals surface area contributed by atoms with E-state index in [-0.39, 0.29) is 0 Å². The number of nitrogens with one attached hydrogen (secondary N) is 2. The third kappa shape index (κ3) is 3.98. The van der Waals surface area contributed by atoms with Crippen LogP contribution in [-0.2, 0) is 6.42 Å². The lowest BCUT2D eigenvalue weighted by atomic mass is 9.93. The van der Waals surface area contributed by atoms with Crippen LogP contribution < -0.4 is 10.6 Å². The number of aliphatic imine (C=N–C) groups is 1. The van der Waals surface area contributed by atoms with Crippen LogP contribution in [0.2, 0.25) is 0 Å². The molecule has 1 fully saturated rings. The fourth-order valence-electron chi connectivity index (χ4n) is 1.87. The zero-order valence-electron chi connectivity index (χ0n) is 11.2. The van der Waals surface area contributed by atoms with Crippen LogP contribution in [0.25, 0.3) is 0 Å². The summed E-state index contributed by atoms with van der Waals surface area (Å²) in [4.78, 5) is 9.05. The van der Waals surface area contributed by atoms with Crippen molar-refractivity contribution in [3.8, 4) is 0 Å². The van der Waals surface area contributed by atoms with Gasteiger partial charge < -0.3 is 10.6 Å². The molecule has 18 heavy (non-hydrogen) atoms. The van der Waals surface area contributed by atoms with E-state index in [0.29, 0.717) is 6.04 Å². The van der Waals surface area contributed by atoms with Crippen molar-refractivity contribution in [2.45, 2.75) is 45.6 Å². The summed E-state index contributed by atoms with van der Waals surface area (Å²) in [5.74, 6) is 0.953. The van der Waals surface area contributed by atoms with Crippen LogP contribution in [0, 0.1) is 6.92 Å². The molecule has 1 aromatic heterocycles. The van der Waals surface area contributed by atoms with Crippen LogP contribution in [0.5, 0.6) is 0 Å². The van der Waals surface area contributed by atoms with Crippen LogP contribution in [0.15, 0.2) is 10.4 Å². The Bertz CT molecular complexity index is 395. The van der Waals surface area contributed by atoms with Gasteiger partial charge in [0.05, 0.1) is 10.7 Å². The van der Waals surface area contributed by atoms with E-state index < -0.39 is 0 Å². The molecule has 0 atom stereocenters. The third-order valence-corrected chi connectivity index (χ3v) is 3.92. The fraction of sp³-hybridized carbons (Fsp3) is 0.692. The van der Waals surface area contributed by atoms with E-state index in [1.807, 2.05) is 6.92 Å². The van der Waals surface area contributed by atoms with Crippen molar-refractivity contribution in [3.05, 3.63) is 16.1 Å². The minimum absolute atomic E-state index is 0.629. The van der Waals surface area contributed by atoms with Crippen LogP contribution in [0.1, 0.15) is 36.9 Å². The maximum absolute atomic E-state index is 4.60. The molecule has 0 aliphatic heterocycles. The van der Waals surface area contributed by atoms with Crippen LogP contribution in [-0.4, -0.2) is 30.1 Å². The van der Waals surface area contributed by atoms with E-state index in [4.69, 9.17) is 0 Å². The monoisotopic (exact) mass is 266 g/mol. The molecule has 0 bridgehead atoms. The van der Waals surface area contributed by atoms with Crippen molar-refractivity contribution in [2.75, 3.05) is 13.1 Å². The van der Waals surface area contributed by atoms with Crippen molar-refractivity contribution in [1.29, 1.82) is 0 Å². The van der Waals surface area contributed by atoms with Gasteiger partial charge in [0.1, 0.15) is 0 Å². The summed E-state index contributed by atoms with van der Waals surface area (Å²) in [5, 5.41) is 10.0. The first-order valence-corrected chi connectivity index (χ1v) is 7.61. The molecule has 2 rings (SSSR count). The minimum Gasteiger partial charge on any atom is -0.357 e. The average Bonchev–Trinajstić information content (AvgIpc) is 2.69. The molecule has 1 aliphatic rings. The fourth-order valence-corrected chi connectivity index (χ4v) is 2.52. The summed E-state index contributed by atoms with van der Waals surface area (Å²) in [6.07, 6.45) is 4.81. The van der Waals surface area contributed by atoms with Gasteiger partial charge in [-0.1, -0.05) is 0 Å². The Morgan fingerprint density at radius 3 is 2.94 bits per heavy atom. The van der Waals surface area contributed by atoms with Crippen molar-refractivity contribution in [1.82, 2.24) is 15.6 Å². The van der Waals surface area contributed by atoms with Gasteiger partial charge in [-0.25, -0.2) is 4.98 Å².